The molecule has 1 heterocycles. The van der Waals surface area contributed by atoms with Crippen molar-refractivity contribution >= 4 is 23.4 Å². The standard InChI is InChI=1S/C20H20N2O5/c1-2-12-26-19-9-7-15(14-17(19)22(24)25)8-10-20(23)21-11-13-27-18-6-4-3-5-16(18)21/h3-10,14H,2,11-13H2,1H3/b10-8+. The third-order valence-corrected chi connectivity index (χ3v) is 4.05. The topological polar surface area (TPSA) is 81.9 Å². The van der Waals surface area contributed by atoms with E-state index in [0.29, 0.717) is 36.8 Å². The minimum atomic E-state index is -0.484. The Balaban J connectivity index is 1.79. The van der Waals surface area contributed by atoms with Crippen LogP contribution in [0.3, 0.4) is 0 Å². The maximum absolute atomic E-state index is 12.6. The van der Waals surface area contributed by atoms with E-state index in [0.717, 1.165) is 6.42 Å². The minimum absolute atomic E-state index is 0.116. The zero-order valence-electron chi connectivity index (χ0n) is 15.0. The molecule has 3 rings (SSSR count). The number of ether oxygens (including phenoxy) is 2. The van der Waals surface area contributed by atoms with Gasteiger partial charge in [-0.05, 0) is 36.3 Å². The summed E-state index contributed by atoms with van der Waals surface area (Å²) in [6.07, 6.45) is 3.74. The number of nitro groups is 1. The second kappa shape index (κ2) is 8.35. The Labute approximate surface area is 157 Å². The predicted molar refractivity (Wildman–Crippen MR) is 102 cm³/mol. The first-order valence-corrected chi connectivity index (χ1v) is 8.73. The van der Waals surface area contributed by atoms with E-state index in [1.807, 2.05) is 31.2 Å². The fourth-order valence-electron chi connectivity index (χ4n) is 2.77. The number of amides is 1. The highest BCUT2D eigenvalue weighted by Crippen LogP contribution is 2.31. The van der Waals surface area contributed by atoms with Crippen molar-refractivity contribution in [3.63, 3.8) is 0 Å². The number of nitrogens with zero attached hydrogens (tertiary/aromatic N) is 2. The van der Waals surface area contributed by atoms with Gasteiger partial charge in [0.1, 0.15) is 12.4 Å². The Kier molecular flexibility index (Phi) is 5.71. The zero-order valence-corrected chi connectivity index (χ0v) is 15.0. The van der Waals surface area contributed by atoms with E-state index in [1.165, 1.54) is 12.1 Å². The molecular formula is C20H20N2O5. The van der Waals surface area contributed by atoms with Crippen LogP contribution in [0.5, 0.6) is 11.5 Å². The first-order chi connectivity index (χ1) is 13.1. The van der Waals surface area contributed by atoms with Crippen LogP contribution < -0.4 is 14.4 Å². The summed E-state index contributed by atoms with van der Waals surface area (Å²) in [5, 5.41) is 11.3. The Hall–Kier alpha value is -3.35. The van der Waals surface area contributed by atoms with Crippen LogP contribution in [0, 0.1) is 10.1 Å². The second-order valence-corrected chi connectivity index (χ2v) is 5.97. The van der Waals surface area contributed by atoms with Crippen LogP contribution in [0.2, 0.25) is 0 Å². The molecule has 0 spiro atoms. The molecule has 1 aliphatic heterocycles. The van der Waals surface area contributed by atoms with Crippen LogP contribution in [0.15, 0.2) is 48.5 Å². The molecule has 0 aliphatic carbocycles. The molecule has 0 radical (unpaired) electrons. The zero-order chi connectivity index (χ0) is 19.2. The summed E-state index contributed by atoms with van der Waals surface area (Å²) in [4.78, 5) is 25.0. The van der Waals surface area contributed by atoms with Crippen molar-refractivity contribution in [1.82, 2.24) is 0 Å². The lowest BCUT2D eigenvalue weighted by Gasteiger charge is -2.28. The molecule has 0 N–H and O–H groups in total. The molecule has 0 fully saturated rings. The molecule has 0 saturated heterocycles. The highest BCUT2D eigenvalue weighted by Gasteiger charge is 2.21. The molecule has 0 saturated carbocycles. The van der Waals surface area contributed by atoms with E-state index >= 15 is 0 Å². The van der Waals surface area contributed by atoms with Gasteiger partial charge in [-0.25, -0.2) is 0 Å². The number of hydrogen-bond acceptors (Lipinski definition) is 5. The van der Waals surface area contributed by atoms with Gasteiger partial charge in [0.25, 0.3) is 5.91 Å². The van der Waals surface area contributed by atoms with Gasteiger partial charge in [-0.2, -0.15) is 0 Å². The smallest absolute Gasteiger partial charge is 0.311 e. The average molecular weight is 368 g/mol. The highest BCUT2D eigenvalue weighted by molar-refractivity contribution is 6.05. The number of benzene rings is 2. The predicted octanol–water partition coefficient (Wildman–Crippen LogP) is 3.82. The van der Waals surface area contributed by atoms with E-state index in [-0.39, 0.29) is 17.3 Å². The Morgan fingerprint density at radius 3 is 2.93 bits per heavy atom. The summed E-state index contributed by atoms with van der Waals surface area (Å²) in [6.45, 7) is 3.21. The first kappa shape index (κ1) is 18.4. The van der Waals surface area contributed by atoms with Gasteiger partial charge < -0.3 is 14.4 Å². The molecule has 1 amide bonds. The number of carbonyl (C=O) groups is 1. The normalized spacial score (nSPS) is 13.1. The van der Waals surface area contributed by atoms with Gasteiger partial charge in [-0.1, -0.05) is 25.1 Å². The van der Waals surface area contributed by atoms with Gasteiger partial charge in [-0.3, -0.25) is 14.9 Å². The number of rotatable bonds is 6. The van der Waals surface area contributed by atoms with E-state index in [9.17, 15) is 14.9 Å². The van der Waals surface area contributed by atoms with Gasteiger partial charge in [0, 0.05) is 12.1 Å². The van der Waals surface area contributed by atoms with Gasteiger partial charge in [0.15, 0.2) is 5.75 Å². The molecular weight excluding hydrogens is 348 g/mol. The number of hydrogen-bond donors (Lipinski definition) is 0. The molecule has 140 valence electrons. The maximum atomic E-state index is 12.6. The van der Waals surface area contributed by atoms with Gasteiger partial charge in [0.05, 0.1) is 23.8 Å². The average Bonchev–Trinajstić information content (AvgIpc) is 2.70. The SMILES string of the molecule is CCCOc1ccc(/C=C/C(=O)N2CCOc3ccccc32)cc1[N+](=O)[O-]. The summed E-state index contributed by atoms with van der Waals surface area (Å²) in [6, 6.07) is 12.0. The lowest BCUT2D eigenvalue weighted by atomic mass is 10.1. The van der Waals surface area contributed by atoms with Crippen molar-refractivity contribution in [1.29, 1.82) is 0 Å². The van der Waals surface area contributed by atoms with Crippen LogP contribution in [-0.4, -0.2) is 30.6 Å². The van der Waals surface area contributed by atoms with Gasteiger partial charge in [0.2, 0.25) is 0 Å². The number of carbonyl (C=O) groups excluding carboxylic acids is 1. The van der Waals surface area contributed by atoms with E-state index in [4.69, 9.17) is 9.47 Å². The van der Waals surface area contributed by atoms with Crippen molar-refractivity contribution in [2.45, 2.75) is 13.3 Å². The van der Waals surface area contributed by atoms with Crippen LogP contribution >= 0.6 is 0 Å². The van der Waals surface area contributed by atoms with Crippen molar-refractivity contribution in [2.24, 2.45) is 0 Å². The highest BCUT2D eigenvalue weighted by atomic mass is 16.6. The number of fused-ring (bicyclic) bond motifs is 1. The van der Waals surface area contributed by atoms with Crippen molar-refractivity contribution in [2.75, 3.05) is 24.7 Å². The van der Waals surface area contributed by atoms with Crippen molar-refractivity contribution < 1.29 is 19.2 Å². The Morgan fingerprint density at radius 2 is 2.15 bits per heavy atom. The molecule has 2 aromatic carbocycles. The molecule has 0 bridgehead atoms. The quantitative estimate of drug-likeness (QED) is 0.440. The number of para-hydroxylation sites is 2. The molecule has 7 heteroatoms. The summed E-state index contributed by atoms with van der Waals surface area (Å²) in [7, 11) is 0. The van der Waals surface area contributed by atoms with Crippen LogP contribution in [-0.2, 0) is 4.79 Å². The third kappa shape index (κ3) is 4.25. The monoisotopic (exact) mass is 368 g/mol. The molecule has 7 nitrogen and oxygen atoms in total. The summed E-state index contributed by atoms with van der Waals surface area (Å²) >= 11 is 0. The molecule has 0 unspecified atom stereocenters. The van der Waals surface area contributed by atoms with Gasteiger partial charge in [-0.15, -0.1) is 0 Å². The van der Waals surface area contributed by atoms with E-state index < -0.39 is 4.92 Å². The molecule has 27 heavy (non-hydrogen) atoms. The fourth-order valence-corrected chi connectivity index (χ4v) is 2.77. The summed E-state index contributed by atoms with van der Waals surface area (Å²) in [5.74, 6) is 0.686. The minimum Gasteiger partial charge on any atom is -0.490 e. The summed E-state index contributed by atoms with van der Waals surface area (Å²) in [5.41, 5.74) is 1.16. The lowest BCUT2D eigenvalue weighted by molar-refractivity contribution is -0.385. The maximum Gasteiger partial charge on any atom is 0.311 e. The Morgan fingerprint density at radius 1 is 1.33 bits per heavy atom. The molecule has 1 aliphatic rings. The number of anilines is 1. The Bertz CT molecular complexity index is 878. The second-order valence-electron chi connectivity index (χ2n) is 5.97. The molecule has 2 aromatic rings. The van der Waals surface area contributed by atoms with E-state index in [1.54, 1.807) is 23.1 Å². The van der Waals surface area contributed by atoms with Crippen LogP contribution in [0.1, 0.15) is 18.9 Å². The largest absolute Gasteiger partial charge is 0.490 e. The van der Waals surface area contributed by atoms with Crippen LogP contribution in [0.25, 0.3) is 6.08 Å². The third-order valence-electron chi connectivity index (χ3n) is 4.05. The van der Waals surface area contributed by atoms with Crippen LogP contribution in [0.4, 0.5) is 11.4 Å². The first-order valence-electron chi connectivity index (χ1n) is 8.73. The summed E-state index contributed by atoms with van der Waals surface area (Å²) < 4.78 is 11.0. The molecule has 0 atom stereocenters. The number of nitro benzene ring substituents is 1. The molecule has 0 aromatic heterocycles. The van der Waals surface area contributed by atoms with Crippen molar-refractivity contribution in [3.05, 3.63) is 64.2 Å². The van der Waals surface area contributed by atoms with Gasteiger partial charge >= 0.3 is 5.69 Å². The fraction of sp³-hybridized carbons (Fsp3) is 0.250. The van der Waals surface area contributed by atoms with Crippen molar-refractivity contribution in [3.8, 4) is 11.5 Å². The lowest BCUT2D eigenvalue weighted by Crippen LogP contribution is -2.36. The van der Waals surface area contributed by atoms with E-state index in [2.05, 4.69) is 0 Å².